The standard InChI is InChI=1S/C16H24O2/c1-11(2)13-7-6-8-14(18-16(3,4)5)15(13)17-12-9-10-12/h6-8,11-12H,9-10H2,1-5H3. The van der Waals surface area contributed by atoms with Gasteiger partial charge >= 0.3 is 0 Å². The van der Waals surface area contributed by atoms with Gasteiger partial charge in [0.2, 0.25) is 0 Å². The summed E-state index contributed by atoms with van der Waals surface area (Å²) >= 11 is 0. The van der Waals surface area contributed by atoms with Crippen molar-refractivity contribution in [3.05, 3.63) is 23.8 Å². The Morgan fingerprint density at radius 1 is 1.17 bits per heavy atom. The summed E-state index contributed by atoms with van der Waals surface area (Å²) in [6.07, 6.45) is 2.73. The zero-order valence-electron chi connectivity index (χ0n) is 12.1. The third-order valence-electron chi connectivity index (χ3n) is 2.86. The van der Waals surface area contributed by atoms with E-state index in [0.717, 1.165) is 11.5 Å². The predicted molar refractivity (Wildman–Crippen MR) is 74.6 cm³/mol. The van der Waals surface area contributed by atoms with E-state index >= 15 is 0 Å². The Balaban J connectivity index is 2.33. The van der Waals surface area contributed by atoms with Crippen LogP contribution in [0.3, 0.4) is 0 Å². The van der Waals surface area contributed by atoms with E-state index in [1.807, 2.05) is 6.07 Å². The number of rotatable bonds is 4. The van der Waals surface area contributed by atoms with E-state index in [2.05, 4.69) is 46.8 Å². The molecule has 0 bridgehead atoms. The largest absolute Gasteiger partial charge is 0.486 e. The number of benzene rings is 1. The fourth-order valence-corrected chi connectivity index (χ4v) is 1.88. The Hall–Kier alpha value is -1.18. The Morgan fingerprint density at radius 3 is 2.33 bits per heavy atom. The molecule has 0 aromatic heterocycles. The van der Waals surface area contributed by atoms with Crippen molar-refractivity contribution in [1.82, 2.24) is 0 Å². The average molecular weight is 248 g/mol. The molecule has 0 aliphatic heterocycles. The van der Waals surface area contributed by atoms with Gasteiger partial charge in [-0.1, -0.05) is 26.0 Å². The molecule has 1 saturated carbocycles. The summed E-state index contributed by atoms with van der Waals surface area (Å²) in [5, 5.41) is 0. The number of hydrogen-bond acceptors (Lipinski definition) is 2. The molecule has 1 aromatic rings. The van der Waals surface area contributed by atoms with Gasteiger partial charge in [0.1, 0.15) is 5.60 Å². The van der Waals surface area contributed by atoms with Crippen LogP contribution in [0.4, 0.5) is 0 Å². The molecule has 100 valence electrons. The quantitative estimate of drug-likeness (QED) is 0.779. The second kappa shape index (κ2) is 4.83. The van der Waals surface area contributed by atoms with E-state index in [0.29, 0.717) is 12.0 Å². The first-order valence-electron chi connectivity index (χ1n) is 6.85. The van der Waals surface area contributed by atoms with Gasteiger partial charge in [0, 0.05) is 5.56 Å². The zero-order chi connectivity index (χ0) is 13.3. The van der Waals surface area contributed by atoms with E-state index < -0.39 is 0 Å². The summed E-state index contributed by atoms with van der Waals surface area (Å²) in [6.45, 7) is 10.6. The first-order chi connectivity index (χ1) is 8.37. The lowest BCUT2D eigenvalue weighted by atomic mass is 10.0. The van der Waals surface area contributed by atoms with Crippen LogP contribution in [-0.2, 0) is 0 Å². The van der Waals surface area contributed by atoms with Crippen molar-refractivity contribution in [3.63, 3.8) is 0 Å². The fraction of sp³-hybridized carbons (Fsp3) is 0.625. The lowest BCUT2D eigenvalue weighted by molar-refractivity contribution is 0.122. The van der Waals surface area contributed by atoms with Crippen molar-refractivity contribution in [2.75, 3.05) is 0 Å². The molecule has 0 N–H and O–H groups in total. The highest BCUT2D eigenvalue weighted by Crippen LogP contribution is 2.40. The molecule has 1 aliphatic carbocycles. The third kappa shape index (κ3) is 3.41. The van der Waals surface area contributed by atoms with Gasteiger partial charge in [-0.2, -0.15) is 0 Å². The zero-order valence-corrected chi connectivity index (χ0v) is 12.1. The van der Waals surface area contributed by atoms with Gasteiger partial charge in [-0.25, -0.2) is 0 Å². The highest BCUT2D eigenvalue weighted by molar-refractivity contribution is 5.48. The normalized spacial score (nSPS) is 15.9. The summed E-state index contributed by atoms with van der Waals surface area (Å²) in [7, 11) is 0. The first-order valence-corrected chi connectivity index (χ1v) is 6.85. The molecule has 0 radical (unpaired) electrons. The van der Waals surface area contributed by atoms with E-state index in [9.17, 15) is 0 Å². The lowest BCUT2D eigenvalue weighted by Crippen LogP contribution is -2.23. The van der Waals surface area contributed by atoms with Crippen LogP contribution in [0, 0.1) is 0 Å². The minimum absolute atomic E-state index is 0.197. The minimum atomic E-state index is -0.197. The summed E-state index contributed by atoms with van der Waals surface area (Å²) in [6, 6.07) is 6.20. The van der Waals surface area contributed by atoms with E-state index in [-0.39, 0.29) is 5.60 Å². The minimum Gasteiger partial charge on any atom is -0.486 e. The van der Waals surface area contributed by atoms with Crippen LogP contribution < -0.4 is 9.47 Å². The molecular formula is C16H24O2. The van der Waals surface area contributed by atoms with Crippen molar-refractivity contribution in [2.45, 2.75) is 65.1 Å². The molecule has 1 aliphatic rings. The highest BCUT2D eigenvalue weighted by atomic mass is 16.5. The van der Waals surface area contributed by atoms with Crippen LogP contribution in [0.25, 0.3) is 0 Å². The molecule has 2 nitrogen and oxygen atoms in total. The Kier molecular flexibility index (Phi) is 3.56. The summed E-state index contributed by atoms with van der Waals surface area (Å²) < 4.78 is 12.1. The molecule has 0 saturated heterocycles. The second-order valence-electron chi connectivity index (χ2n) is 6.36. The van der Waals surface area contributed by atoms with Gasteiger partial charge in [0.05, 0.1) is 6.10 Å². The maximum absolute atomic E-state index is 6.07. The van der Waals surface area contributed by atoms with Crippen LogP contribution in [0.1, 0.15) is 58.9 Å². The molecule has 1 aromatic carbocycles. The van der Waals surface area contributed by atoms with Gasteiger partial charge in [-0.3, -0.25) is 0 Å². The Bertz CT molecular complexity index is 412. The third-order valence-corrected chi connectivity index (χ3v) is 2.86. The maximum atomic E-state index is 6.07. The van der Waals surface area contributed by atoms with Crippen LogP contribution in [0.2, 0.25) is 0 Å². The summed E-state index contributed by atoms with van der Waals surface area (Å²) in [5.74, 6) is 2.27. The topological polar surface area (TPSA) is 18.5 Å². The number of para-hydroxylation sites is 1. The molecule has 0 amide bonds. The van der Waals surface area contributed by atoms with Crippen molar-refractivity contribution < 1.29 is 9.47 Å². The molecule has 0 heterocycles. The smallest absolute Gasteiger partial charge is 0.165 e. The monoisotopic (exact) mass is 248 g/mol. The van der Waals surface area contributed by atoms with Crippen LogP contribution in [0.5, 0.6) is 11.5 Å². The molecule has 2 rings (SSSR count). The van der Waals surface area contributed by atoms with Crippen molar-refractivity contribution in [3.8, 4) is 11.5 Å². The Labute approximate surface area is 110 Å². The predicted octanol–water partition coefficient (Wildman–Crippen LogP) is 4.53. The van der Waals surface area contributed by atoms with Gasteiger partial charge in [0.25, 0.3) is 0 Å². The average Bonchev–Trinajstić information content (AvgIpc) is 3.01. The molecule has 1 fully saturated rings. The highest BCUT2D eigenvalue weighted by Gasteiger charge is 2.27. The van der Waals surface area contributed by atoms with Crippen LogP contribution in [0.15, 0.2) is 18.2 Å². The lowest BCUT2D eigenvalue weighted by Gasteiger charge is -2.25. The van der Waals surface area contributed by atoms with E-state index in [4.69, 9.17) is 9.47 Å². The van der Waals surface area contributed by atoms with Gasteiger partial charge in [-0.05, 0) is 45.6 Å². The first kappa shape index (κ1) is 13.3. The fourth-order valence-electron chi connectivity index (χ4n) is 1.88. The van der Waals surface area contributed by atoms with E-state index in [1.165, 1.54) is 18.4 Å². The van der Waals surface area contributed by atoms with Gasteiger partial charge in [-0.15, -0.1) is 0 Å². The molecule has 2 heteroatoms. The van der Waals surface area contributed by atoms with Gasteiger partial charge < -0.3 is 9.47 Å². The molecule has 0 atom stereocenters. The van der Waals surface area contributed by atoms with Crippen LogP contribution in [-0.4, -0.2) is 11.7 Å². The summed E-state index contributed by atoms with van der Waals surface area (Å²) in [5.41, 5.74) is 1.04. The van der Waals surface area contributed by atoms with Crippen molar-refractivity contribution in [1.29, 1.82) is 0 Å². The molecular weight excluding hydrogens is 224 g/mol. The molecule has 0 spiro atoms. The number of ether oxygens (including phenoxy) is 2. The second-order valence-corrected chi connectivity index (χ2v) is 6.36. The maximum Gasteiger partial charge on any atom is 0.165 e. The SMILES string of the molecule is CC(C)c1cccc(OC(C)(C)C)c1OC1CC1. The molecule has 18 heavy (non-hydrogen) atoms. The Morgan fingerprint density at radius 2 is 1.83 bits per heavy atom. The summed E-state index contributed by atoms with van der Waals surface area (Å²) in [4.78, 5) is 0. The van der Waals surface area contributed by atoms with Crippen LogP contribution >= 0.6 is 0 Å². The van der Waals surface area contributed by atoms with E-state index in [1.54, 1.807) is 0 Å². The molecule has 0 unspecified atom stereocenters. The van der Waals surface area contributed by atoms with Crippen molar-refractivity contribution in [2.24, 2.45) is 0 Å². The van der Waals surface area contributed by atoms with Gasteiger partial charge in [0.15, 0.2) is 11.5 Å². The number of hydrogen-bond donors (Lipinski definition) is 0. The van der Waals surface area contributed by atoms with Crippen molar-refractivity contribution >= 4 is 0 Å².